The number of phenols is 1. The predicted molar refractivity (Wildman–Crippen MR) is 91.4 cm³/mol. The van der Waals surface area contributed by atoms with Crippen molar-refractivity contribution in [2.75, 3.05) is 11.9 Å². The number of benzene rings is 1. The number of nitrogens with zero attached hydrogens (tertiary/aromatic N) is 1. The number of rotatable bonds is 5. The monoisotopic (exact) mass is 359 g/mol. The summed E-state index contributed by atoms with van der Waals surface area (Å²) in [6, 6.07) is 3.41. The van der Waals surface area contributed by atoms with Crippen molar-refractivity contribution in [1.29, 1.82) is 0 Å². The average molecular weight is 360 g/mol. The fourth-order valence-corrected chi connectivity index (χ4v) is 2.79. The Bertz CT molecular complexity index is 652. The number of amides is 1. The molecule has 0 saturated heterocycles. The van der Waals surface area contributed by atoms with E-state index in [0.29, 0.717) is 13.0 Å². The van der Waals surface area contributed by atoms with Crippen LogP contribution in [0.5, 0.6) is 5.75 Å². The molecule has 1 amide bonds. The molecule has 2 rings (SSSR count). The molecule has 2 unspecified atom stereocenters. The van der Waals surface area contributed by atoms with E-state index in [9.17, 15) is 20.0 Å². The normalized spacial score (nSPS) is 24.4. The fourth-order valence-electron chi connectivity index (χ4n) is 2.79. The number of nitrogens with one attached hydrogen (secondary N) is 1. The van der Waals surface area contributed by atoms with Gasteiger partial charge in [0.05, 0.1) is 16.7 Å². The van der Waals surface area contributed by atoms with Gasteiger partial charge in [0.25, 0.3) is 5.69 Å². The summed E-state index contributed by atoms with van der Waals surface area (Å²) >= 11 is 0. The van der Waals surface area contributed by atoms with Crippen molar-refractivity contribution in [3.63, 3.8) is 0 Å². The maximum absolute atomic E-state index is 12.5. The second-order valence-electron chi connectivity index (χ2n) is 6.25. The Labute approximate surface area is 145 Å². The summed E-state index contributed by atoms with van der Waals surface area (Å²) in [5.41, 5.74) is 4.19. The van der Waals surface area contributed by atoms with Gasteiger partial charge in [0.1, 0.15) is 11.3 Å². The molecule has 0 aliphatic heterocycles. The maximum atomic E-state index is 12.5. The number of halogens is 1. The topological polar surface area (TPSA) is 128 Å². The van der Waals surface area contributed by atoms with Crippen LogP contribution in [0.2, 0.25) is 0 Å². The van der Waals surface area contributed by atoms with Crippen molar-refractivity contribution in [1.82, 2.24) is 0 Å². The van der Waals surface area contributed by atoms with Crippen molar-refractivity contribution >= 4 is 29.7 Å². The average Bonchev–Trinajstić information content (AvgIpc) is 2.48. The van der Waals surface area contributed by atoms with E-state index in [-0.39, 0.29) is 35.6 Å². The van der Waals surface area contributed by atoms with Gasteiger partial charge in [0, 0.05) is 30.6 Å². The number of anilines is 1. The molecular weight excluding hydrogens is 338 g/mol. The summed E-state index contributed by atoms with van der Waals surface area (Å²) in [6.07, 6.45) is 0.206. The highest BCUT2D eigenvalue weighted by Crippen LogP contribution is 2.50. The van der Waals surface area contributed by atoms with E-state index in [4.69, 9.17) is 10.5 Å². The minimum absolute atomic E-state index is 0. The Morgan fingerprint density at radius 1 is 1.54 bits per heavy atom. The molecule has 1 aliphatic rings. The van der Waals surface area contributed by atoms with E-state index in [1.54, 1.807) is 0 Å². The quantitative estimate of drug-likeness (QED) is 0.420. The van der Waals surface area contributed by atoms with Gasteiger partial charge in [-0.3, -0.25) is 14.9 Å². The molecule has 0 aromatic heterocycles. The first-order chi connectivity index (χ1) is 10.6. The van der Waals surface area contributed by atoms with Gasteiger partial charge in [0.2, 0.25) is 5.91 Å². The van der Waals surface area contributed by atoms with Crippen LogP contribution in [0.15, 0.2) is 18.2 Å². The van der Waals surface area contributed by atoms with Gasteiger partial charge in [0.15, 0.2) is 0 Å². The molecule has 0 heterocycles. The van der Waals surface area contributed by atoms with Crippen LogP contribution in [-0.2, 0) is 9.53 Å². The fraction of sp³-hybridized carbons (Fsp3) is 0.533. The van der Waals surface area contributed by atoms with Crippen molar-refractivity contribution in [3.05, 3.63) is 28.3 Å². The number of carbonyl (C=O) groups is 1. The Morgan fingerprint density at radius 3 is 2.67 bits per heavy atom. The molecule has 4 N–H and O–H groups in total. The summed E-state index contributed by atoms with van der Waals surface area (Å²) in [4.78, 5) is 22.7. The molecule has 0 bridgehead atoms. The molecule has 1 aromatic carbocycles. The minimum Gasteiger partial charge on any atom is -0.506 e. The number of nitrogens with two attached hydrogens (primary N) is 1. The van der Waals surface area contributed by atoms with Gasteiger partial charge >= 0.3 is 0 Å². The number of nitro groups is 1. The third kappa shape index (κ3) is 3.17. The summed E-state index contributed by atoms with van der Waals surface area (Å²) in [7, 11) is 0. The first-order valence-corrected chi connectivity index (χ1v) is 7.33. The molecule has 1 saturated carbocycles. The molecule has 1 fully saturated rings. The van der Waals surface area contributed by atoms with E-state index >= 15 is 0 Å². The van der Waals surface area contributed by atoms with Gasteiger partial charge in [-0.1, -0.05) is 13.8 Å². The van der Waals surface area contributed by atoms with Crippen LogP contribution in [0.3, 0.4) is 0 Å². The number of hydrogen-bond donors (Lipinski definition) is 3. The van der Waals surface area contributed by atoms with Gasteiger partial charge in [-0.2, -0.15) is 0 Å². The number of non-ortho nitro benzene ring substituents is 1. The van der Waals surface area contributed by atoms with Gasteiger partial charge < -0.3 is 20.9 Å². The molecule has 24 heavy (non-hydrogen) atoms. The number of nitro benzene ring substituents is 1. The summed E-state index contributed by atoms with van der Waals surface area (Å²) < 4.78 is 5.56. The Kier molecular flexibility index (Phi) is 5.81. The van der Waals surface area contributed by atoms with Crippen molar-refractivity contribution < 1.29 is 19.6 Å². The van der Waals surface area contributed by atoms with Gasteiger partial charge in [-0.25, -0.2) is 0 Å². The SMILES string of the molecule is CCOC1CC(N)(C(=O)Nc2cc([N+](=O)[O-])ccc2O)C1(C)C.Cl. The lowest BCUT2D eigenvalue weighted by molar-refractivity contribution is -0.384. The molecule has 134 valence electrons. The molecule has 0 spiro atoms. The molecule has 1 aromatic rings. The predicted octanol–water partition coefficient (Wildman–Crippen LogP) is 2.19. The van der Waals surface area contributed by atoms with Gasteiger partial charge in [-0.15, -0.1) is 12.4 Å². The minimum atomic E-state index is -1.18. The van der Waals surface area contributed by atoms with Crippen LogP contribution in [0.4, 0.5) is 11.4 Å². The van der Waals surface area contributed by atoms with Crippen molar-refractivity contribution in [2.24, 2.45) is 11.1 Å². The zero-order valence-corrected chi connectivity index (χ0v) is 14.6. The van der Waals surface area contributed by atoms with Crippen LogP contribution in [0.1, 0.15) is 27.2 Å². The summed E-state index contributed by atoms with van der Waals surface area (Å²) in [5.74, 6) is -0.764. The van der Waals surface area contributed by atoms with Crippen LogP contribution < -0.4 is 11.1 Å². The molecule has 1 aliphatic carbocycles. The molecule has 9 heteroatoms. The highest BCUT2D eigenvalue weighted by Gasteiger charge is 2.62. The van der Waals surface area contributed by atoms with Crippen molar-refractivity contribution in [3.8, 4) is 5.75 Å². The smallest absolute Gasteiger partial charge is 0.271 e. The highest BCUT2D eigenvalue weighted by molar-refractivity contribution is 6.01. The van der Waals surface area contributed by atoms with Crippen LogP contribution in [0.25, 0.3) is 0 Å². The Hall–Kier alpha value is -1.90. The Morgan fingerprint density at radius 2 is 2.17 bits per heavy atom. The standard InChI is InChI=1S/C15H21N3O5.ClH/c1-4-23-12-8-15(16,14(12,2)3)13(20)17-10-7-9(18(21)22)5-6-11(10)19;/h5-7,12,19H,4,8,16H2,1-3H3,(H,17,20);1H. The zero-order chi connectivity index (χ0) is 17.4. The second kappa shape index (κ2) is 6.92. The van der Waals surface area contributed by atoms with E-state index in [1.807, 2.05) is 20.8 Å². The number of aromatic hydroxyl groups is 1. The lowest BCUT2D eigenvalue weighted by Gasteiger charge is -2.57. The second-order valence-corrected chi connectivity index (χ2v) is 6.25. The number of ether oxygens (including phenoxy) is 1. The largest absolute Gasteiger partial charge is 0.506 e. The van der Waals surface area contributed by atoms with E-state index in [0.717, 1.165) is 18.2 Å². The van der Waals surface area contributed by atoms with Gasteiger partial charge in [-0.05, 0) is 13.0 Å². The lowest BCUT2D eigenvalue weighted by Crippen LogP contribution is -2.74. The van der Waals surface area contributed by atoms with Crippen LogP contribution in [0, 0.1) is 15.5 Å². The lowest BCUT2D eigenvalue weighted by atomic mass is 9.54. The summed E-state index contributed by atoms with van der Waals surface area (Å²) in [5, 5.41) is 23.1. The third-order valence-corrected chi connectivity index (χ3v) is 4.67. The first kappa shape index (κ1) is 20.1. The number of carbonyl (C=O) groups excluding carboxylic acids is 1. The number of hydrogen-bond acceptors (Lipinski definition) is 6. The molecule has 8 nitrogen and oxygen atoms in total. The first-order valence-electron chi connectivity index (χ1n) is 7.33. The molecular formula is C15H22ClN3O5. The summed E-state index contributed by atoms with van der Waals surface area (Å²) in [6.45, 7) is 6.07. The highest BCUT2D eigenvalue weighted by atomic mass is 35.5. The molecule has 0 radical (unpaired) electrons. The van der Waals surface area contributed by atoms with Crippen LogP contribution >= 0.6 is 12.4 Å². The van der Waals surface area contributed by atoms with Crippen LogP contribution in [-0.4, -0.2) is 34.2 Å². The number of phenolic OH excluding ortho intramolecular Hbond substituents is 1. The molecule has 2 atom stereocenters. The van der Waals surface area contributed by atoms with E-state index < -0.39 is 21.8 Å². The third-order valence-electron chi connectivity index (χ3n) is 4.67. The Balaban J connectivity index is 0.00000288. The van der Waals surface area contributed by atoms with E-state index in [2.05, 4.69) is 5.32 Å². The maximum Gasteiger partial charge on any atom is 0.271 e. The van der Waals surface area contributed by atoms with E-state index in [1.165, 1.54) is 0 Å². The van der Waals surface area contributed by atoms with Crippen molar-refractivity contribution in [2.45, 2.75) is 38.8 Å². The zero-order valence-electron chi connectivity index (χ0n) is 13.7.